The van der Waals surface area contributed by atoms with E-state index in [4.69, 9.17) is 9.72 Å². The maximum absolute atomic E-state index is 12.8. The number of hydrogen-bond acceptors (Lipinski definition) is 7. The minimum atomic E-state index is -0.129. The van der Waals surface area contributed by atoms with Crippen LogP contribution in [0.25, 0.3) is 20.7 Å². The van der Waals surface area contributed by atoms with Crippen LogP contribution >= 0.6 is 22.7 Å². The maximum atomic E-state index is 12.8. The first-order chi connectivity index (χ1) is 13.6. The van der Waals surface area contributed by atoms with Crippen molar-refractivity contribution in [3.05, 3.63) is 39.1 Å². The van der Waals surface area contributed by atoms with Crippen molar-refractivity contribution in [3.8, 4) is 10.4 Å². The second kappa shape index (κ2) is 8.14. The summed E-state index contributed by atoms with van der Waals surface area (Å²) in [5.41, 5.74) is 0.846. The number of ether oxygens (including phenoxy) is 1. The highest BCUT2D eigenvalue weighted by Crippen LogP contribution is 2.34. The van der Waals surface area contributed by atoms with Crippen molar-refractivity contribution in [1.82, 2.24) is 14.9 Å². The van der Waals surface area contributed by atoms with Gasteiger partial charge in [0.05, 0.1) is 24.0 Å². The molecule has 0 aromatic carbocycles. The Balaban J connectivity index is 1.60. The van der Waals surface area contributed by atoms with Crippen LogP contribution in [0.15, 0.2) is 27.7 Å². The summed E-state index contributed by atoms with van der Waals surface area (Å²) in [4.78, 5) is 36.8. The van der Waals surface area contributed by atoms with E-state index in [2.05, 4.69) is 9.88 Å². The Hall–Kier alpha value is -2.03. The van der Waals surface area contributed by atoms with Gasteiger partial charge in [-0.25, -0.2) is 4.98 Å². The largest absolute Gasteiger partial charge is 0.466 e. The molecule has 1 N–H and O–H groups in total. The van der Waals surface area contributed by atoms with Gasteiger partial charge in [-0.2, -0.15) is 0 Å². The number of piperidine rings is 1. The highest BCUT2D eigenvalue weighted by atomic mass is 32.1. The van der Waals surface area contributed by atoms with Gasteiger partial charge in [-0.05, 0) is 44.7 Å². The Labute approximate surface area is 171 Å². The lowest BCUT2D eigenvalue weighted by Crippen LogP contribution is -2.41. The van der Waals surface area contributed by atoms with Crippen molar-refractivity contribution in [2.45, 2.75) is 32.7 Å². The highest BCUT2D eigenvalue weighted by molar-refractivity contribution is 7.18. The van der Waals surface area contributed by atoms with Crippen LogP contribution < -0.4 is 5.56 Å². The van der Waals surface area contributed by atoms with E-state index in [1.807, 2.05) is 36.7 Å². The first-order valence-corrected chi connectivity index (χ1v) is 11.3. The van der Waals surface area contributed by atoms with Gasteiger partial charge in [0, 0.05) is 22.4 Å². The summed E-state index contributed by atoms with van der Waals surface area (Å²) in [7, 11) is 0. The van der Waals surface area contributed by atoms with Crippen LogP contribution in [0.2, 0.25) is 0 Å². The third-order valence-corrected chi connectivity index (χ3v) is 7.04. The maximum Gasteiger partial charge on any atom is 0.310 e. The van der Waals surface area contributed by atoms with Crippen LogP contribution in [0.5, 0.6) is 0 Å². The molecule has 3 aromatic rings. The smallest absolute Gasteiger partial charge is 0.310 e. The summed E-state index contributed by atoms with van der Waals surface area (Å²) < 4.78 is 5.19. The minimum absolute atomic E-state index is 0.0679. The number of aromatic nitrogens is 2. The van der Waals surface area contributed by atoms with Crippen molar-refractivity contribution in [2.24, 2.45) is 5.92 Å². The lowest BCUT2D eigenvalue weighted by Gasteiger charge is -2.35. The first kappa shape index (κ1) is 19.3. The van der Waals surface area contributed by atoms with E-state index in [0.29, 0.717) is 24.4 Å². The van der Waals surface area contributed by atoms with E-state index >= 15 is 0 Å². The molecule has 0 unspecified atom stereocenters. The van der Waals surface area contributed by atoms with Crippen LogP contribution in [0.4, 0.5) is 0 Å². The van der Waals surface area contributed by atoms with Crippen LogP contribution in [0.3, 0.4) is 0 Å². The minimum Gasteiger partial charge on any atom is -0.466 e. The molecule has 0 bridgehead atoms. The Bertz CT molecular complexity index is 1030. The molecular formula is C20H23N3O3S2. The number of aromatic amines is 1. The second-order valence-corrected chi connectivity index (χ2v) is 8.83. The van der Waals surface area contributed by atoms with Crippen molar-refractivity contribution < 1.29 is 9.53 Å². The third kappa shape index (κ3) is 3.64. The number of carbonyl (C=O) groups is 1. The van der Waals surface area contributed by atoms with Gasteiger partial charge >= 0.3 is 5.97 Å². The number of rotatable bonds is 5. The predicted octanol–water partition coefficient (Wildman–Crippen LogP) is 4.05. The van der Waals surface area contributed by atoms with Crippen LogP contribution in [-0.2, 0) is 9.53 Å². The van der Waals surface area contributed by atoms with Gasteiger partial charge in [-0.3, -0.25) is 14.5 Å². The molecule has 0 amide bonds. The second-order valence-electron chi connectivity index (χ2n) is 7.02. The zero-order valence-electron chi connectivity index (χ0n) is 15.9. The van der Waals surface area contributed by atoms with E-state index in [-0.39, 0.29) is 23.5 Å². The molecule has 1 aliphatic rings. The molecular weight excluding hydrogens is 394 g/mol. The Morgan fingerprint density at radius 2 is 2.32 bits per heavy atom. The van der Waals surface area contributed by atoms with Gasteiger partial charge in [-0.1, -0.05) is 6.07 Å². The lowest BCUT2D eigenvalue weighted by atomic mass is 9.97. The number of fused-ring (bicyclic) bond motifs is 1. The number of likely N-dealkylation sites (tertiary alicyclic amines) is 1. The summed E-state index contributed by atoms with van der Waals surface area (Å²) in [5.74, 6) is 0.413. The fraction of sp³-hybridized carbons (Fsp3) is 0.450. The Morgan fingerprint density at radius 3 is 3.07 bits per heavy atom. The summed E-state index contributed by atoms with van der Waals surface area (Å²) in [6, 6.07) is 3.94. The van der Waals surface area contributed by atoms with Gasteiger partial charge in [0.1, 0.15) is 10.7 Å². The normalized spacial score (nSPS) is 19.0. The number of hydrogen-bond donors (Lipinski definition) is 1. The van der Waals surface area contributed by atoms with Gasteiger partial charge < -0.3 is 9.72 Å². The van der Waals surface area contributed by atoms with E-state index in [1.54, 1.807) is 11.3 Å². The van der Waals surface area contributed by atoms with Crippen LogP contribution in [0.1, 0.15) is 38.6 Å². The van der Waals surface area contributed by atoms with Gasteiger partial charge in [0.25, 0.3) is 5.56 Å². The number of thiophene rings is 2. The molecule has 0 spiro atoms. The standard InChI is InChI=1S/C20H23N3O3S2/c1-3-26-20(25)13-6-4-8-23(10-13)12(2)17-21-18(24)16-14(11-28-19(16)22-17)15-7-5-9-27-15/h5,7,9,11-13H,3-4,6,8,10H2,1-2H3,(H,21,22,24)/t12-,13-/m0/s1. The number of nitrogens with zero attached hydrogens (tertiary/aromatic N) is 2. The Kier molecular flexibility index (Phi) is 5.61. The van der Waals surface area contributed by atoms with Crippen LogP contribution in [0, 0.1) is 5.92 Å². The van der Waals surface area contributed by atoms with Crippen molar-refractivity contribution >= 4 is 38.9 Å². The summed E-state index contributed by atoms with van der Waals surface area (Å²) in [5, 5.41) is 4.67. The predicted molar refractivity (Wildman–Crippen MR) is 113 cm³/mol. The van der Waals surface area contributed by atoms with Gasteiger partial charge in [0.15, 0.2) is 0 Å². The summed E-state index contributed by atoms with van der Waals surface area (Å²) in [6.45, 7) is 5.78. The van der Waals surface area contributed by atoms with E-state index in [1.165, 1.54) is 11.3 Å². The number of nitrogens with one attached hydrogen (secondary N) is 1. The highest BCUT2D eigenvalue weighted by Gasteiger charge is 2.30. The molecule has 0 saturated carbocycles. The Morgan fingerprint density at radius 1 is 1.46 bits per heavy atom. The van der Waals surface area contributed by atoms with E-state index in [0.717, 1.165) is 34.7 Å². The average molecular weight is 418 g/mol. The quantitative estimate of drug-likeness (QED) is 0.634. The monoisotopic (exact) mass is 417 g/mol. The molecule has 148 valence electrons. The zero-order valence-corrected chi connectivity index (χ0v) is 17.6. The van der Waals surface area contributed by atoms with Crippen molar-refractivity contribution in [3.63, 3.8) is 0 Å². The molecule has 3 aromatic heterocycles. The molecule has 0 aliphatic carbocycles. The molecule has 1 fully saturated rings. The molecule has 6 nitrogen and oxygen atoms in total. The molecule has 1 aliphatic heterocycles. The fourth-order valence-electron chi connectivity index (χ4n) is 3.76. The van der Waals surface area contributed by atoms with E-state index in [9.17, 15) is 9.59 Å². The van der Waals surface area contributed by atoms with Crippen molar-refractivity contribution in [1.29, 1.82) is 0 Å². The summed E-state index contributed by atoms with van der Waals surface area (Å²) in [6.07, 6.45) is 1.78. The molecule has 28 heavy (non-hydrogen) atoms. The number of carbonyl (C=O) groups excluding carboxylic acids is 1. The zero-order chi connectivity index (χ0) is 19.7. The van der Waals surface area contributed by atoms with Crippen molar-refractivity contribution in [2.75, 3.05) is 19.7 Å². The summed E-state index contributed by atoms with van der Waals surface area (Å²) >= 11 is 3.12. The molecule has 8 heteroatoms. The molecule has 2 atom stereocenters. The number of H-pyrrole nitrogens is 1. The van der Waals surface area contributed by atoms with Crippen LogP contribution in [-0.4, -0.2) is 40.5 Å². The fourth-order valence-corrected chi connectivity index (χ4v) is 5.53. The third-order valence-electron chi connectivity index (χ3n) is 5.27. The first-order valence-electron chi connectivity index (χ1n) is 9.54. The lowest BCUT2D eigenvalue weighted by molar-refractivity contribution is -0.150. The van der Waals surface area contributed by atoms with E-state index < -0.39 is 0 Å². The molecule has 1 saturated heterocycles. The molecule has 4 heterocycles. The average Bonchev–Trinajstić information content (AvgIpc) is 3.37. The SMILES string of the molecule is CCOC(=O)[C@H]1CCCN([C@@H](C)c2nc3scc(-c4cccs4)c3c(=O)[nH]2)C1. The molecule has 0 radical (unpaired) electrons. The topological polar surface area (TPSA) is 75.3 Å². The van der Waals surface area contributed by atoms with Gasteiger partial charge in [0.2, 0.25) is 0 Å². The number of esters is 1. The molecule has 4 rings (SSSR count). The van der Waals surface area contributed by atoms with Gasteiger partial charge in [-0.15, -0.1) is 22.7 Å².